The molecule has 1 saturated heterocycles. The fourth-order valence-corrected chi connectivity index (χ4v) is 5.06. The summed E-state index contributed by atoms with van der Waals surface area (Å²) in [6.45, 7) is 7.00. The fraction of sp³-hybridized carbons (Fsp3) is 0.733. The van der Waals surface area contributed by atoms with Crippen LogP contribution in [0.1, 0.15) is 52.9 Å². The molecule has 0 atom stereocenters. The molecule has 0 saturated carbocycles. The van der Waals surface area contributed by atoms with Gasteiger partial charge in [-0.1, -0.05) is 32.4 Å². The molecule has 0 radical (unpaired) electrons. The zero-order valence-electron chi connectivity index (χ0n) is 11.0. The smallest absolute Gasteiger partial charge is 0.0642 e. The lowest BCUT2D eigenvalue weighted by atomic mass is 9.82. The highest BCUT2D eigenvalue weighted by Gasteiger charge is 2.29. The highest BCUT2D eigenvalue weighted by atomic mass is 32.2. The second-order valence-corrected chi connectivity index (χ2v) is 8.36. The van der Waals surface area contributed by atoms with Gasteiger partial charge in [-0.25, -0.2) is 0 Å². The first-order chi connectivity index (χ1) is 7.57. The van der Waals surface area contributed by atoms with Crippen LogP contribution in [0.4, 0.5) is 0 Å². The Bertz CT molecular complexity index is 298. The van der Waals surface area contributed by atoms with Crippen molar-refractivity contribution in [3.8, 4) is 0 Å². The summed E-state index contributed by atoms with van der Waals surface area (Å²) >= 11 is 0. The van der Waals surface area contributed by atoms with Crippen molar-refractivity contribution in [3.05, 3.63) is 22.6 Å². The van der Waals surface area contributed by atoms with Gasteiger partial charge >= 0.3 is 0 Å². The van der Waals surface area contributed by atoms with Crippen LogP contribution < -0.4 is 0 Å². The molecule has 1 fully saturated rings. The van der Waals surface area contributed by atoms with E-state index in [1.807, 2.05) is 0 Å². The van der Waals surface area contributed by atoms with Crippen molar-refractivity contribution in [1.29, 1.82) is 0 Å². The normalized spacial score (nSPS) is 23.9. The summed E-state index contributed by atoms with van der Waals surface area (Å²) in [5.41, 5.74) is 2.01. The van der Waals surface area contributed by atoms with E-state index in [1.54, 1.807) is 10.5 Å². The van der Waals surface area contributed by atoms with Crippen molar-refractivity contribution in [2.24, 2.45) is 5.41 Å². The minimum atomic E-state index is 0.373. The van der Waals surface area contributed by atoms with Crippen LogP contribution in [0.15, 0.2) is 22.6 Å². The van der Waals surface area contributed by atoms with Crippen molar-refractivity contribution >= 4 is 10.9 Å². The monoisotopic (exact) mass is 237 g/mol. The van der Waals surface area contributed by atoms with Gasteiger partial charge in [-0.15, -0.1) is 0 Å². The number of hydrogen-bond donors (Lipinski definition) is 0. The SMILES string of the molecule is CC(C)(C)C1=CC=C([S+]2CCCCC2)CC1. The lowest BCUT2D eigenvalue weighted by molar-refractivity contribution is 0.481. The van der Waals surface area contributed by atoms with E-state index in [4.69, 9.17) is 0 Å². The first kappa shape index (κ1) is 12.3. The summed E-state index contributed by atoms with van der Waals surface area (Å²) < 4.78 is 0. The van der Waals surface area contributed by atoms with E-state index in [0.29, 0.717) is 16.3 Å². The van der Waals surface area contributed by atoms with Gasteiger partial charge in [0.1, 0.15) is 16.4 Å². The van der Waals surface area contributed by atoms with Gasteiger partial charge in [0.15, 0.2) is 0 Å². The quantitative estimate of drug-likeness (QED) is 0.592. The summed E-state index contributed by atoms with van der Waals surface area (Å²) in [4.78, 5) is 1.77. The van der Waals surface area contributed by atoms with E-state index in [0.717, 1.165) is 0 Å². The van der Waals surface area contributed by atoms with Crippen molar-refractivity contribution in [1.82, 2.24) is 0 Å². The first-order valence-corrected chi connectivity index (χ1v) is 8.21. The minimum Gasteiger partial charge on any atom is -0.0642 e. The van der Waals surface area contributed by atoms with Gasteiger partial charge in [-0.3, -0.25) is 0 Å². The third-order valence-electron chi connectivity index (χ3n) is 3.73. The van der Waals surface area contributed by atoms with E-state index in [2.05, 4.69) is 32.9 Å². The van der Waals surface area contributed by atoms with Crippen LogP contribution in [0.2, 0.25) is 0 Å². The first-order valence-electron chi connectivity index (χ1n) is 6.65. The van der Waals surface area contributed by atoms with Gasteiger partial charge in [-0.2, -0.15) is 0 Å². The van der Waals surface area contributed by atoms with E-state index >= 15 is 0 Å². The molecule has 1 heteroatoms. The van der Waals surface area contributed by atoms with Crippen molar-refractivity contribution in [3.63, 3.8) is 0 Å². The Morgan fingerprint density at radius 3 is 2.12 bits per heavy atom. The van der Waals surface area contributed by atoms with Crippen molar-refractivity contribution in [2.45, 2.75) is 52.9 Å². The second kappa shape index (κ2) is 5.00. The highest BCUT2D eigenvalue weighted by molar-refractivity contribution is 8.00. The maximum Gasteiger partial charge on any atom is 0.132 e. The van der Waals surface area contributed by atoms with Crippen molar-refractivity contribution in [2.75, 3.05) is 11.5 Å². The van der Waals surface area contributed by atoms with Gasteiger partial charge in [0.25, 0.3) is 0 Å². The van der Waals surface area contributed by atoms with Gasteiger partial charge in [0.05, 0.1) is 0 Å². The Balaban J connectivity index is 2.03. The maximum atomic E-state index is 2.46. The molecule has 1 aliphatic carbocycles. The van der Waals surface area contributed by atoms with Crippen LogP contribution in [0.5, 0.6) is 0 Å². The van der Waals surface area contributed by atoms with Gasteiger partial charge in [0, 0.05) is 17.3 Å². The predicted molar refractivity (Wildman–Crippen MR) is 75.8 cm³/mol. The predicted octanol–water partition coefficient (Wildman–Crippen LogP) is 4.44. The summed E-state index contributed by atoms with van der Waals surface area (Å²) in [5.74, 6) is 2.95. The zero-order chi connectivity index (χ0) is 11.6. The van der Waals surface area contributed by atoms with E-state index in [1.165, 1.54) is 43.6 Å². The van der Waals surface area contributed by atoms with Crippen LogP contribution in [-0.4, -0.2) is 11.5 Å². The summed E-state index contributed by atoms with van der Waals surface area (Å²) in [5, 5.41) is 0. The Morgan fingerprint density at radius 2 is 1.62 bits per heavy atom. The molecule has 0 nitrogen and oxygen atoms in total. The molecular weight excluding hydrogens is 212 g/mol. The number of allylic oxidation sites excluding steroid dienone is 4. The molecule has 0 spiro atoms. The van der Waals surface area contributed by atoms with Crippen LogP contribution >= 0.6 is 0 Å². The molecule has 0 aromatic heterocycles. The zero-order valence-corrected chi connectivity index (χ0v) is 11.8. The summed E-state index contributed by atoms with van der Waals surface area (Å²) in [6, 6.07) is 0. The van der Waals surface area contributed by atoms with E-state index < -0.39 is 0 Å². The topological polar surface area (TPSA) is 0 Å². The van der Waals surface area contributed by atoms with Crippen LogP contribution in [-0.2, 0) is 10.9 Å². The molecule has 0 aromatic carbocycles. The highest BCUT2D eigenvalue weighted by Crippen LogP contribution is 2.35. The van der Waals surface area contributed by atoms with Crippen LogP contribution in [0, 0.1) is 5.41 Å². The number of hydrogen-bond acceptors (Lipinski definition) is 0. The van der Waals surface area contributed by atoms with Gasteiger partial charge in [-0.05, 0) is 37.2 Å². The molecule has 1 aliphatic heterocycles. The van der Waals surface area contributed by atoms with Crippen LogP contribution in [0.25, 0.3) is 0 Å². The Labute approximate surface area is 104 Å². The molecule has 2 rings (SSSR count). The van der Waals surface area contributed by atoms with E-state index in [-0.39, 0.29) is 0 Å². The molecule has 0 bridgehead atoms. The molecule has 0 N–H and O–H groups in total. The Hall–Kier alpha value is -0.170. The van der Waals surface area contributed by atoms with Gasteiger partial charge < -0.3 is 0 Å². The summed E-state index contributed by atoms with van der Waals surface area (Å²) in [7, 11) is 0.644. The van der Waals surface area contributed by atoms with Gasteiger partial charge in [0.2, 0.25) is 0 Å². The molecule has 1 heterocycles. The summed E-state index contributed by atoms with van der Waals surface area (Å²) in [6.07, 6.45) is 11.9. The third-order valence-corrected chi connectivity index (χ3v) is 6.37. The molecule has 2 aliphatic rings. The minimum absolute atomic E-state index is 0.373. The molecule has 0 unspecified atom stereocenters. The van der Waals surface area contributed by atoms with Crippen LogP contribution in [0.3, 0.4) is 0 Å². The number of rotatable bonds is 1. The van der Waals surface area contributed by atoms with Crippen molar-refractivity contribution < 1.29 is 0 Å². The molecule has 0 aromatic rings. The van der Waals surface area contributed by atoms with E-state index in [9.17, 15) is 0 Å². The molecular formula is C15H25S+. The molecule has 16 heavy (non-hydrogen) atoms. The Kier molecular flexibility index (Phi) is 3.84. The average Bonchev–Trinajstić information content (AvgIpc) is 2.29. The lowest BCUT2D eigenvalue weighted by Crippen LogP contribution is -2.21. The maximum absolute atomic E-state index is 2.46. The fourth-order valence-electron chi connectivity index (χ4n) is 2.58. The average molecular weight is 237 g/mol. The third kappa shape index (κ3) is 2.94. The largest absolute Gasteiger partial charge is 0.132 e. The molecule has 0 amide bonds. The molecule has 90 valence electrons. The second-order valence-electron chi connectivity index (χ2n) is 6.04. The standard InChI is InChI=1S/C15H25S/c1-15(2,3)13-7-9-14(10-8-13)16-11-5-4-6-12-16/h7,9H,4-6,8,10-12H2,1-3H3/q+1. The Morgan fingerprint density at radius 1 is 0.938 bits per heavy atom. The lowest BCUT2D eigenvalue weighted by Gasteiger charge is -2.26.